The number of anilines is 1. The Kier molecular flexibility index (Phi) is 5.21. The van der Waals surface area contributed by atoms with Gasteiger partial charge < -0.3 is 14.8 Å². The number of ether oxygens (including phenoxy) is 2. The number of methoxy groups -OCH3 is 2. The molecule has 0 amide bonds. The molecule has 17 heavy (non-hydrogen) atoms. The first-order valence-electron chi connectivity index (χ1n) is 4.87. The van der Waals surface area contributed by atoms with Gasteiger partial charge in [0.25, 0.3) is 0 Å². The van der Waals surface area contributed by atoms with E-state index >= 15 is 0 Å². The Hall–Kier alpha value is -1.30. The molecule has 0 saturated heterocycles. The summed E-state index contributed by atoms with van der Waals surface area (Å²) in [7, 11) is 2.79. The lowest BCUT2D eigenvalue weighted by Gasteiger charge is -2.11. The summed E-state index contributed by atoms with van der Waals surface area (Å²) in [4.78, 5) is 10.6. The number of esters is 1. The molecule has 0 aliphatic rings. The smallest absolute Gasteiger partial charge is 0.321 e. The maximum atomic E-state index is 13.4. The van der Waals surface area contributed by atoms with E-state index in [-0.39, 0.29) is 12.2 Å². The van der Waals surface area contributed by atoms with Gasteiger partial charge in [0, 0.05) is 12.6 Å². The van der Waals surface area contributed by atoms with Crippen LogP contribution in [0.1, 0.15) is 0 Å². The molecule has 1 N–H and O–H groups in total. The second-order valence-electron chi connectivity index (χ2n) is 3.22. The minimum Gasteiger partial charge on any atom is -0.497 e. The number of carbonyl (C=O) groups excluding carboxylic acids is 1. The van der Waals surface area contributed by atoms with Gasteiger partial charge in [-0.3, -0.25) is 4.79 Å². The largest absolute Gasteiger partial charge is 0.497 e. The molecule has 1 aromatic carbocycles. The van der Waals surface area contributed by atoms with Crippen molar-refractivity contribution in [3.8, 4) is 5.75 Å². The van der Waals surface area contributed by atoms with Crippen molar-refractivity contribution in [1.82, 2.24) is 0 Å². The van der Waals surface area contributed by atoms with Crippen LogP contribution in [0, 0.1) is 5.82 Å². The molecule has 0 radical (unpaired) electrons. The molecule has 0 heterocycles. The highest BCUT2D eigenvalue weighted by Crippen LogP contribution is 2.21. The zero-order valence-electron chi connectivity index (χ0n) is 9.50. The molecule has 0 aliphatic heterocycles. The highest BCUT2D eigenvalue weighted by atomic mass is 79.9. The monoisotopic (exact) mass is 305 g/mol. The standard InChI is InChI=1S/C11H13BrFNO3/c1-16-7-3-4-9(13)10(5-7)14-6-8(12)11(15)17-2/h3-5,8,14H,6H2,1-2H3. The van der Waals surface area contributed by atoms with E-state index in [1.54, 1.807) is 0 Å². The fourth-order valence-corrected chi connectivity index (χ4v) is 1.53. The van der Waals surface area contributed by atoms with Gasteiger partial charge in [0.1, 0.15) is 16.4 Å². The molecule has 4 nitrogen and oxygen atoms in total. The Morgan fingerprint density at radius 2 is 2.24 bits per heavy atom. The van der Waals surface area contributed by atoms with Crippen molar-refractivity contribution >= 4 is 27.6 Å². The molecule has 0 bridgehead atoms. The van der Waals surface area contributed by atoms with Crippen molar-refractivity contribution in [2.45, 2.75) is 4.83 Å². The Morgan fingerprint density at radius 3 is 2.82 bits per heavy atom. The van der Waals surface area contributed by atoms with Crippen LogP contribution in [-0.2, 0) is 9.53 Å². The second kappa shape index (κ2) is 6.44. The minimum atomic E-state index is -0.530. The number of carbonyl (C=O) groups is 1. The van der Waals surface area contributed by atoms with Crippen LogP contribution >= 0.6 is 15.9 Å². The van der Waals surface area contributed by atoms with Crippen LogP contribution in [0.15, 0.2) is 18.2 Å². The van der Waals surface area contributed by atoms with Crippen molar-refractivity contribution in [3.05, 3.63) is 24.0 Å². The van der Waals surface area contributed by atoms with Gasteiger partial charge in [-0.1, -0.05) is 15.9 Å². The fraction of sp³-hybridized carbons (Fsp3) is 0.364. The molecule has 0 aliphatic carbocycles. The summed E-state index contributed by atoms with van der Waals surface area (Å²) in [6.45, 7) is 0.219. The number of alkyl halides is 1. The molecular weight excluding hydrogens is 293 g/mol. The summed E-state index contributed by atoms with van der Waals surface area (Å²) in [6, 6.07) is 4.33. The van der Waals surface area contributed by atoms with Gasteiger partial charge >= 0.3 is 5.97 Å². The summed E-state index contributed by atoms with van der Waals surface area (Å²) in [5.41, 5.74) is 0.276. The number of hydrogen-bond acceptors (Lipinski definition) is 4. The number of benzene rings is 1. The van der Waals surface area contributed by atoms with Crippen molar-refractivity contribution in [3.63, 3.8) is 0 Å². The van der Waals surface area contributed by atoms with Gasteiger partial charge in [0.2, 0.25) is 0 Å². The molecule has 94 valence electrons. The van der Waals surface area contributed by atoms with E-state index < -0.39 is 16.6 Å². The third-order valence-corrected chi connectivity index (χ3v) is 2.80. The van der Waals surface area contributed by atoms with Gasteiger partial charge in [-0.05, 0) is 12.1 Å². The highest BCUT2D eigenvalue weighted by molar-refractivity contribution is 9.10. The average Bonchev–Trinajstić information content (AvgIpc) is 2.36. The van der Waals surface area contributed by atoms with Crippen LogP contribution in [0.5, 0.6) is 5.75 Å². The first-order valence-corrected chi connectivity index (χ1v) is 5.79. The molecule has 1 rings (SSSR count). The van der Waals surface area contributed by atoms with Crippen LogP contribution in [0.2, 0.25) is 0 Å². The zero-order chi connectivity index (χ0) is 12.8. The molecule has 1 aromatic rings. The predicted octanol–water partition coefficient (Wildman–Crippen LogP) is 2.18. The van der Waals surface area contributed by atoms with Gasteiger partial charge in [-0.2, -0.15) is 0 Å². The number of nitrogens with one attached hydrogen (secondary N) is 1. The Labute approximate surface area is 107 Å². The Balaban J connectivity index is 2.65. The second-order valence-corrected chi connectivity index (χ2v) is 4.32. The van der Waals surface area contributed by atoms with E-state index in [4.69, 9.17) is 4.74 Å². The number of halogens is 2. The first-order chi connectivity index (χ1) is 8.08. The average molecular weight is 306 g/mol. The van der Waals surface area contributed by atoms with Crippen LogP contribution in [0.3, 0.4) is 0 Å². The minimum absolute atomic E-state index is 0.219. The summed E-state index contributed by atoms with van der Waals surface area (Å²) < 4.78 is 22.9. The summed E-state index contributed by atoms with van der Waals surface area (Å²) >= 11 is 3.13. The predicted molar refractivity (Wildman–Crippen MR) is 66.2 cm³/mol. The third kappa shape index (κ3) is 3.89. The van der Waals surface area contributed by atoms with Crippen LogP contribution in [0.4, 0.5) is 10.1 Å². The molecule has 0 saturated carbocycles. The normalized spacial score (nSPS) is 11.8. The summed E-state index contributed by atoms with van der Waals surface area (Å²) in [5.74, 6) is -0.283. The lowest BCUT2D eigenvalue weighted by atomic mass is 10.2. The van der Waals surface area contributed by atoms with Gasteiger partial charge in [0.05, 0.1) is 19.9 Å². The Morgan fingerprint density at radius 1 is 1.53 bits per heavy atom. The van der Waals surface area contributed by atoms with Gasteiger partial charge in [0.15, 0.2) is 0 Å². The van der Waals surface area contributed by atoms with Crippen molar-refractivity contribution in [2.75, 3.05) is 26.1 Å². The van der Waals surface area contributed by atoms with Crippen molar-refractivity contribution in [2.24, 2.45) is 0 Å². The van der Waals surface area contributed by atoms with Crippen molar-refractivity contribution in [1.29, 1.82) is 0 Å². The maximum absolute atomic E-state index is 13.4. The molecule has 0 fully saturated rings. The third-order valence-electron chi connectivity index (χ3n) is 2.10. The lowest BCUT2D eigenvalue weighted by molar-refractivity contribution is -0.139. The molecular formula is C11H13BrFNO3. The maximum Gasteiger partial charge on any atom is 0.321 e. The SMILES string of the molecule is COC(=O)C(Br)CNc1cc(OC)ccc1F. The van der Waals surface area contributed by atoms with Gasteiger partial charge in [-0.15, -0.1) is 0 Å². The number of hydrogen-bond donors (Lipinski definition) is 1. The quantitative estimate of drug-likeness (QED) is 0.669. The molecule has 1 atom stereocenters. The van der Waals surface area contributed by atoms with E-state index in [9.17, 15) is 9.18 Å². The highest BCUT2D eigenvalue weighted by Gasteiger charge is 2.15. The van der Waals surface area contributed by atoms with Crippen LogP contribution < -0.4 is 10.1 Å². The lowest BCUT2D eigenvalue weighted by Crippen LogP contribution is -2.24. The van der Waals surface area contributed by atoms with Gasteiger partial charge in [-0.25, -0.2) is 4.39 Å². The zero-order valence-corrected chi connectivity index (χ0v) is 11.1. The Bertz CT molecular complexity index is 400. The van der Waals surface area contributed by atoms with E-state index in [0.717, 1.165) is 0 Å². The molecule has 0 aromatic heterocycles. The van der Waals surface area contributed by atoms with E-state index in [1.807, 2.05) is 0 Å². The topological polar surface area (TPSA) is 47.6 Å². The summed E-state index contributed by atoms with van der Waals surface area (Å²) in [6.07, 6.45) is 0. The summed E-state index contributed by atoms with van der Waals surface area (Å²) in [5, 5.41) is 2.80. The first kappa shape index (κ1) is 13.8. The van der Waals surface area contributed by atoms with Crippen LogP contribution in [0.25, 0.3) is 0 Å². The fourth-order valence-electron chi connectivity index (χ4n) is 1.18. The van der Waals surface area contributed by atoms with E-state index in [2.05, 4.69) is 26.0 Å². The van der Waals surface area contributed by atoms with E-state index in [0.29, 0.717) is 5.75 Å². The molecule has 1 unspecified atom stereocenters. The van der Waals surface area contributed by atoms with Crippen LogP contribution in [-0.4, -0.2) is 31.6 Å². The molecule has 6 heteroatoms. The number of rotatable bonds is 5. The van der Waals surface area contributed by atoms with Crippen molar-refractivity contribution < 1.29 is 18.7 Å². The van der Waals surface area contributed by atoms with E-state index in [1.165, 1.54) is 32.4 Å². The molecule has 0 spiro atoms.